The summed E-state index contributed by atoms with van der Waals surface area (Å²) in [7, 11) is 5.50. The predicted molar refractivity (Wildman–Crippen MR) is 123 cm³/mol. The molecular formula is C23H27N5O2S. The second kappa shape index (κ2) is 8.63. The molecule has 1 aromatic carbocycles. The number of hydrogen-bond donors (Lipinski definition) is 0. The van der Waals surface area contributed by atoms with Gasteiger partial charge in [0.05, 0.1) is 29.5 Å². The third-order valence-electron chi connectivity index (χ3n) is 5.51. The van der Waals surface area contributed by atoms with Gasteiger partial charge in [0.1, 0.15) is 10.6 Å². The molecule has 1 aliphatic heterocycles. The van der Waals surface area contributed by atoms with Gasteiger partial charge in [-0.25, -0.2) is 15.0 Å². The molecule has 1 atom stereocenters. The lowest BCUT2D eigenvalue weighted by Crippen LogP contribution is -2.31. The first-order valence-corrected chi connectivity index (χ1v) is 11.1. The van der Waals surface area contributed by atoms with Crippen LogP contribution in [0, 0.1) is 13.8 Å². The Hall–Kier alpha value is -3.00. The third kappa shape index (κ3) is 4.12. The van der Waals surface area contributed by atoms with Gasteiger partial charge in [0.2, 0.25) is 5.95 Å². The van der Waals surface area contributed by atoms with Crippen molar-refractivity contribution in [3.8, 4) is 16.9 Å². The molecule has 0 spiro atoms. The fourth-order valence-corrected chi connectivity index (χ4v) is 4.90. The molecule has 0 bridgehead atoms. The van der Waals surface area contributed by atoms with Gasteiger partial charge in [-0.3, -0.25) is 4.79 Å². The molecule has 31 heavy (non-hydrogen) atoms. The maximum absolute atomic E-state index is 13.5. The largest absolute Gasteiger partial charge is 0.497 e. The van der Waals surface area contributed by atoms with E-state index in [1.807, 2.05) is 68.2 Å². The second-order valence-corrected chi connectivity index (χ2v) is 9.10. The zero-order chi connectivity index (χ0) is 22.1. The summed E-state index contributed by atoms with van der Waals surface area (Å²) >= 11 is 1.46. The number of methoxy groups -OCH3 is 1. The van der Waals surface area contributed by atoms with Crippen LogP contribution in [0.25, 0.3) is 11.1 Å². The van der Waals surface area contributed by atoms with E-state index in [2.05, 4.69) is 9.97 Å². The van der Waals surface area contributed by atoms with Crippen LogP contribution in [-0.2, 0) is 0 Å². The third-order valence-corrected chi connectivity index (χ3v) is 6.57. The molecule has 4 rings (SSSR count). The molecule has 7 nitrogen and oxygen atoms in total. The quantitative estimate of drug-likeness (QED) is 0.594. The van der Waals surface area contributed by atoms with Gasteiger partial charge in [-0.2, -0.15) is 0 Å². The molecule has 0 aliphatic carbocycles. The topological polar surface area (TPSA) is 71.5 Å². The van der Waals surface area contributed by atoms with Crippen molar-refractivity contribution in [2.75, 3.05) is 32.6 Å². The lowest BCUT2D eigenvalue weighted by Gasteiger charge is -2.26. The molecule has 0 saturated carbocycles. The summed E-state index contributed by atoms with van der Waals surface area (Å²) in [5, 5.41) is 0.908. The molecule has 0 unspecified atom stereocenters. The number of nitrogens with zero attached hydrogens (tertiary/aromatic N) is 5. The Bertz CT molecular complexity index is 1110. The number of ether oxygens (including phenoxy) is 1. The fourth-order valence-electron chi connectivity index (χ4n) is 4.02. The average molecular weight is 438 g/mol. The van der Waals surface area contributed by atoms with Gasteiger partial charge in [-0.1, -0.05) is 12.1 Å². The highest BCUT2D eigenvalue weighted by molar-refractivity contribution is 7.13. The van der Waals surface area contributed by atoms with Crippen LogP contribution in [0.2, 0.25) is 0 Å². The Balaban J connectivity index is 1.80. The van der Waals surface area contributed by atoms with Crippen molar-refractivity contribution in [2.24, 2.45) is 0 Å². The average Bonchev–Trinajstić information content (AvgIpc) is 3.39. The van der Waals surface area contributed by atoms with E-state index in [4.69, 9.17) is 9.72 Å². The number of rotatable bonds is 5. The molecule has 1 saturated heterocycles. The van der Waals surface area contributed by atoms with Crippen LogP contribution in [0.1, 0.15) is 45.0 Å². The molecule has 1 fully saturated rings. The number of aryl methyl sites for hydroxylation is 2. The van der Waals surface area contributed by atoms with Gasteiger partial charge in [-0.05, 0) is 44.4 Å². The van der Waals surface area contributed by atoms with E-state index in [0.717, 1.165) is 46.1 Å². The number of benzene rings is 1. The molecular weight excluding hydrogens is 410 g/mol. The van der Waals surface area contributed by atoms with Crippen LogP contribution in [0.3, 0.4) is 0 Å². The first-order chi connectivity index (χ1) is 14.9. The maximum Gasteiger partial charge on any atom is 0.266 e. The Labute approximate surface area is 186 Å². The minimum Gasteiger partial charge on any atom is -0.497 e. The van der Waals surface area contributed by atoms with E-state index in [9.17, 15) is 4.79 Å². The minimum atomic E-state index is -0.114. The number of hydrogen-bond acceptors (Lipinski definition) is 7. The molecule has 1 aliphatic rings. The van der Waals surface area contributed by atoms with Gasteiger partial charge in [0, 0.05) is 32.4 Å². The van der Waals surface area contributed by atoms with Crippen molar-refractivity contribution < 1.29 is 9.53 Å². The molecule has 3 heterocycles. The molecule has 0 radical (unpaired) electrons. The monoisotopic (exact) mass is 437 g/mol. The van der Waals surface area contributed by atoms with Crippen molar-refractivity contribution in [3.05, 3.63) is 51.7 Å². The molecule has 2 aromatic heterocycles. The predicted octanol–water partition coefficient (Wildman–Crippen LogP) is 4.27. The van der Waals surface area contributed by atoms with Crippen LogP contribution >= 0.6 is 11.3 Å². The van der Waals surface area contributed by atoms with Crippen molar-refractivity contribution in [3.63, 3.8) is 0 Å². The number of carbonyl (C=O) groups is 1. The standard InChI is InChI=1S/C23H27N5O2S/c1-14-21(31-15(2)25-14)22(29)28-11-7-10-19(28)20-18(13-24-23(26-20)27(3)4)16-8-6-9-17(12-16)30-5/h6,8-9,12-13,19H,7,10-11H2,1-5H3/t19-/m1/s1. The van der Waals surface area contributed by atoms with E-state index < -0.39 is 0 Å². The summed E-state index contributed by atoms with van der Waals surface area (Å²) in [6.45, 7) is 4.54. The minimum absolute atomic E-state index is 0.0345. The van der Waals surface area contributed by atoms with E-state index >= 15 is 0 Å². The van der Waals surface area contributed by atoms with Crippen LogP contribution in [-0.4, -0.2) is 53.5 Å². The highest BCUT2D eigenvalue weighted by atomic mass is 32.1. The summed E-state index contributed by atoms with van der Waals surface area (Å²) < 4.78 is 5.42. The molecule has 3 aromatic rings. The van der Waals surface area contributed by atoms with Crippen LogP contribution in [0.5, 0.6) is 5.75 Å². The highest BCUT2D eigenvalue weighted by Crippen LogP contribution is 2.39. The number of anilines is 1. The smallest absolute Gasteiger partial charge is 0.266 e. The van der Waals surface area contributed by atoms with Crippen molar-refractivity contribution in [1.82, 2.24) is 19.9 Å². The summed E-state index contributed by atoms with van der Waals surface area (Å²) in [4.78, 5) is 31.9. The Morgan fingerprint density at radius 3 is 2.74 bits per heavy atom. The number of thiazole rings is 1. The van der Waals surface area contributed by atoms with E-state index in [-0.39, 0.29) is 11.9 Å². The summed E-state index contributed by atoms with van der Waals surface area (Å²) in [5.41, 5.74) is 3.56. The normalized spacial score (nSPS) is 15.9. The van der Waals surface area contributed by atoms with Crippen molar-refractivity contribution >= 4 is 23.2 Å². The number of carbonyl (C=O) groups excluding carboxylic acids is 1. The number of likely N-dealkylation sites (tertiary alicyclic amines) is 1. The zero-order valence-corrected chi connectivity index (χ0v) is 19.4. The van der Waals surface area contributed by atoms with Crippen molar-refractivity contribution in [2.45, 2.75) is 32.7 Å². The lowest BCUT2D eigenvalue weighted by atomic mass is 9.99. The first-order valence-electron chi connectivity index (χ1n) is 10.3. The fraction of sp³-hybridized carbons (Fsp3) is 0.391. The SMILES string of the molecule is COc1cccc(-c2cnc(N(C)C)nc2[C@H]2CCCN2C(=O)c2sc(C)nc2C)c1. The summed E-state index contributed by atoms with van der Waals surface area (Å²) in [6.07, 6.45) is 3.66. The van der Waals surface area contributed by atoms with Gasteiger partial charge >= 0.3 is 0 Å². The Kier molecular flexibility index (Phi) is 5.91. The zero-order valence-electron chi connectivity index (χ0n) is 18.5. The lowest BCUT2D eigenvalue weighted by molar-refractivity contribution is 0.0737. The van der Waals surface area contributed by atoms with Crippen LogP contribution in [0.4, 0.5) is 5.95 Å². The highest BCUT2D eigenvalue weighted by Gasteiger charge is 2.35. The van der Waals surface area contributed by atoms with Gasteiger partial charge in [0.15, 0.2) is 0 Å². The molecule has 8 heteroatoms. The molecule has 0 N–H and O–H groups in total. The van der Waals surface area contributed by atoms with Gasteiger partial charge < -0.3 is 14.5 Å². The maximum atomic E-state index is 13.5. The van der Waals surface area contributed by atoms with Crippen LogP contribution in [0.15, 0.2) is 30.5 Å². The van der Waals surface area contributed by atoms with Crippen LogP contribution < -0.4 is 9.64 Å². The number of aromatic nitrogens is 3. The molecule has 1 amide bonds. The second-order valence-electron chi connectivity index (χ2n) is 7.90. The van der Waals surface area contributed by atoms with E-state index in [1.54, 1.807) is 7.11 Å². The summed E-state index contributed by atoms with van der Waals surface area (Å²) in [5.74, 6) is 1.44. The van der Waals surface area contributed by atoms with E-state index in [1.165, 1.54) is 11.3 Å². The first kappa shape index (κ1) is 21.2. The van der Waals surface area contributed by atoms with E-state index in [0.29, 0.717) is 17.4 Å². The Morgan fingerprint density at radius 1 is 1.26 bits per heavy atom. The van der Waals surface area contributed by atoms with Crippen molar-refractivity contribution in [1.29, 1.82) is 0 Å². The number of amides is 1. The molecule has 162 valence electrons. The Morgan fingerprint density at radius 2 is 2.06 bits per heavy atom. The van der Waals surface area contributed by atoms with Gasteiger partial charge in [0.25, 0.3) is 5.91 Å². The van der Waals surface area contributed by atoms with Gasteiger partial charge in [-0.15, -0.1) is 11.3 Å². The summed E-state index contributed by atoms with van der Waals surface area (Å²) in [6, 6.07) is 7.77.